The molecule has 0 N–H and O–H groups in total. The second-order valence-corrected chi connectivity index (χ2v) is 10.3. The molecule has 4 aromatic rings. The van der Waals surface area contributed by atoms with Gasteiger partial charge >= 0.3 is 0 Å². The summed E-state index contributed by atoms with van der Waals surface area (Å²) in [4.78, 5) is 7.11. The van der Waals surface area contributed by atoms with Crippen molar-refractivity contribution in [3.05, 3.63) is 111 Å². The molecule has 3 nitrogen and oxygen atoms in total. The number of pyridine rings is 1. The van der Waals surface area contributed by atoms with Crippen LogP contribution >= 0.6 is 27.5 Å². The second kappa shape index (κ2) is 11.9. The minimum atomic E-state index is 0.631. The van der Waals surface area contributed by atoms with E-state index >= 15 is 0 Å². The van der Waals surface area contributed by atoms with Crippen LogP contribution in [0.1, 0.15) is 29.5 Å². The Bertz CT molecular complexity index is 1320. The summed E-state index contributed by atoms with van der Waals surface area (Å²) >= 11 is 9.89. The Kier molecular flexibility index (Phi) is 8.61. The van der Waals surface area contributed by atoms with Crippen molar-refractivity contribution in [3.63, 3.8) is 0 Å². The number of benzene rings is 3. The van der Waals surface area contributed by atoms with Crippen LogP contribution in [0.15, 0.2) is 88.9 Å². The summed E-state index contributed by atoms with van der Waals surface area (Å²) in [5.41, 5.74) is 6.90. The minimum absolute atomic E-state index is 0.631. The Hall–Kier alpha value is -2.66. The lowest BCUT2D eigenvalue weighted by Crippen LogP contribution is -2.14. The number of halogens is 2. The van der Waals surface area contributed by atoms with Gasteiger partial charge < -0.3 is 9.64 Å². The van der Waals surface area contributed by atoms with Gasteiger partial charge in [-0.05, 0) is 86.5 Å². The van der Waals surface area contributed by atoms with Crippen LogP contribution in [0.2, 0.25) is 5.02 Å². The maximum absolute atomic E-state index is 6.27. The lowest BCUT2D eigenvalue weighted by molar-refractivity contribution is 0.398. The largest absolute Gasteiger partial charge is 0.481 e. The van der Waals surface area contributed by atoms with Gasteiger partial charge in [-0.1, -0.05) is 75.6 Å². The quantitative estimate of drug-likeness (QED) is 0.211. The smallest absolute Gasteiger partial charge is 0.221 e. The fraction of sp³-hybridized carbons (Fsp3) is 0.233. The Morgan fingerprint density at radius 1 is 0.943 bits per heavy atom. The molecular weight excluding hydrogens is 520 g/mol. The van der Waals surface area contributed by atoms with Gasteiger partial charge in [0.25, 0.3) is 0 Å². The van der Waals surface area contributed by atoms with E-state index in [2.05, 4.69) is 89.5 Å². The average Bonchev–Trinajstić information content (AvgIpc) is 2.86. The van der Waals surface area contributed by atoms with E-state index < -0.39 is 0 Å². The van der Waals surface area contributed by atoms with Crippen LogP contribution in [0.3, 0.4) is 0 Å². The van der Waals surface area contributed by atoms with E-state index in [1.54, 1.807) is 7.11 Å². The molecule has 3 aromatic carbocycles. The molecule has 0 atom stereocenters. The summed E-state index contributed by atoms with van der Waals surface area (Å²) < 4.78 is 6.88. The third-order valence-electron chi connectivity index (χ3n) is 6.11. The highest BCUT2D eigenvalue weighted by Crippen LogP contribution is 2.38. The molecule has 0 aliphatic carbocycles. The standard InChI is InChI=1S/C30H30BrClN2O/c1-34(2)18-17-23(10-9-21-7-5-4-6-8-21)29(22-11-14-26(32)15-12-22)27-20-24-19-25(31)13-16-28(24)33-30(27)35-3/h4-8,11-16,19-20H,9-10,17-18H2,1-3H3. The first-order chi connectivity index (χ1) is 16.9. The summed E-state index contributed by atoms with van der Waals surface area (Å²) in [6, 6.07) is 27.1. The highest BCUT2D eigenvalue weighted by molar-refractivity contribution is 9.10. The molecule has 1 heterocycles. The minimum Gasteiger partial charge on any atom is -0.481 e. The third kappa shape index (κ3) is 6.52. The predicted octanol–water partition coefficient (Wildman–Crippen LogP) is 8.05. The number of hydrogen-bond acceptors (Lipinski definition) is 3. The monoisotopic (exact) mass is 548 g/mol. The summed E-state index contributed by atoms with van der Waals surface area (Å²) in [6.45, 7) is 0.954. The van der Waals surface area contributed by atoms with Gasteiger partial charge in [0, 0.05) is 27.0 Å². The number of rotatable bonds is 9. The summed E-state index contributed by atoms with van der Waals surface area (Å²) in [7, 11) is 5.93. The highest BCUT2D eigenvalue weighted by atomic mass is 79.9. The van der Waals surface area contributed by atoms with Crippen molar-refractivity contribution >= 4 is 44.0 Å². The van der Waals surface area contributed by atoms with Crippen molar-refractivity contribution in [2.75, 3.05) is 27.7 Å². The fourth-order valence-electron chi connectivity index (χ4n) is 4.30. The van der Waals surface area contributed by atoms with Gasteiger partial charge in [-0.15, -0.1) is 0 Å². The van der Waals surface area contributed by atoms with Crippen molar-refractivity contribution < 1.29 is 4.74 Å². The van der Waals surface area contributed by atoms with E-state index in [0.717, 1.165) is 57.3 Å². The molecule has 0 saturated heterocycles. The van der Waals surface area contributed by atoms with Crippen LogP contribution in [0.5, 0.6) is 5.88 Å². The van der Waals surface area contributed by atoms with Crippen LogP contribution in [-0.4, -0.2) is 37.6 Å². The van der Waals surface area contributed by atoms with E-state index in [9.17, 15) is 0 Å². The molecule has 0 unspecified atom stereocenters. The number of fused-ring (bicyclic) bond motifs is 1. The number of nitrogens with zero attached hydrogens (tertiary/aromatic N) is 2. The van der Waals surface area contributed by atoms with E-state index in [0.29, 0.717) is 5.88 Å². The van der Waals surface area contributed by atoms with E-state index in [1.165, 1.54) is 16.7 Å². The Morgan fingerprint density at radius 3 is 2.37 bits per heavy atom. The van der Waals surface area contributed by atoms with Crippen LogP contribution in [0.4, 0.5) is 0 Å². The van der Waals surface area contributed by atoms with Crippen molar-refractivity contribution in [2.24, 2.45) is 0 Å². The molecule has 4 rings (SSSR count). The Labute approximate surface area is 221 Å². The van der Waals surface area contributed by atoms with Crippen molar-refractivity contribution in [1.82, 2.24) is 9.88 Å². The van der Waals surface area contributed by atoms with Gasteiger partial charge in [0.05, 0.1) is 12.6 Å². The maximum Gasteiger partial charge on any atom is 0.221 e. The molecule has 0 aliphatic heterocycles. The van der Waals surface area contributed by atoms with E-state index in [4.69, 9.17) is 21.3 Å². The number of hydrogen-bond donors (Lipinski definition) is 0. The zero-order chi connectivity index (χ0) is 24.8. The Balaban J connectivity index is 1.93. The van der Waals surface area contributed by atoms with Gasteiger partial charge in [-0.3, -0.25) is 0 Å². The molecular formula is C30H30BrClN2O. The van der Waals surface area contributed by atoms with Crippen LogP contribution < -0.4 is 4.74 Å². The summed E-state index contributed by atoms with van der Waals surface area (Å²) in [6.07, 6.45) is 2.85. The third-order valence-corrected chi connectivity index (χ3v) is 6.86. The van der Waals surface area contributed by atoms with Crippen LogP contribution in [-0.2, 0) is 6.42 Å². The lowest BCUT2D eigenvalue weighted by Gasteiger charge is -2.21. The average molecular weight is 550 g/mol. The normalized spacial score (nSPS) is 12.2. The molecule has 0 bridgehead atoms. The maximum atomic E-state index is 6.27. The van der Waals surface area contributed by atoms with Gasteiger partial charge in [-0.2, -0.15) is 0 Å². The molecule has 0 fully saturated rings. The molecule has 0 aliphatic rings. The zero-order valence-electron chi connectivity index (χ0n) is 20.4. The number of aromatic nitrogens is 1. The first-order valence-corrected chi connectivity index (χ1v) is 12.9. The lowest BCUT2D eigenvalue weighted by atomic mass is 9.88. The first kappa shape index (κ1) is 25.4. The molecule has 0 amide bonds. The SMILES string of the molecule is COc1nc2ccc(Br)cc2cc1C(=C(CCc1ccccc1)CCN(C)C)c1ccc(Cl)cc1. The van der Waals surface area contributed by atoms with Crippen LogP contribution in [0, 0.1) is 0 Å². The Morgan fingerprint density at radius 2 is 1.69 bits per heavy atom. The number of ether oxygens (including phenoxy) is 1. The molecule has 0 saturated carbocycles. The molecule has 35 heavy (non-hydrogen) atoms. The summed E-state index contributed by atoms with van der Waals surface area (Å²) in [5.74, 6) is 0.631. The van der Waals surface area contributed by atoms with Gasteiger partial charge in [0.1, 0.15) is 0 Å². The zero-order valence-corrected chi connectivity index (χ0v) is 22.7. The summed E-state index contributed by atoms with van der Waals surface area (Å²) in [5, 5.41) is 1.79. The van der Waals surface area contributed by atoms with Crippen molar-refractivity contribution in [2.45, 2.75) is 19.3 Å². The molecule has 1 aromatic heterocycles. The second-order valence-electron chi connectivity index (χ2n) is 8.91. The fourth-order valence-corrected chi connectivity index (χ4v) is 4.81. The van der Waals surface area contributed by atoms with Crippen LogP contribution in [0.25, 0.3) is 16.5 Å². The molecule has 0 spiro atoms. The highest BCUT2D eigenvalue weighted by Gasteiger charge is 2.19. The van der Waals surface area contributed by atoms with Gasteiger partial charge in [0.15, 0.2) is 0 Å². The van der Waals surface area contributed by atoms with E-state index in [-0.39, 0.29) is 0 Å². The van der Waals surface area contributed by atoms with Crippen molar-refractivity contribution in [3.8, 4) is 5.88 Å². The number of aryl methyl sites for hydroxylation is 1. The molecule has 0 radical (unpaired) electrons. The number of methoxy groups -OCH3 is 1. The molecule has 5 heteroatoms. The molecule has 180 valence electrons. The predicted molar refractivity (Wildman–Crippen MR) is 151 cm³/mol. The van der Waals surface area contributed by atoms with Gasteiger partial charge in [0.2, 0.25) is 5.88 Å². The topological polar surface area (TPSA) is 25.4 Å². The van der Waals surface area contributed by atoms with Gasteiger partial charge in [-0.25, -0.2) is 4.98 Å². The van der Waals surface area contributed by atoms with Crippen molar-refractivity contribution in [1.29, 1.82) is 0 Å². The first-order valence-electron chi connectivity index (χ1n) is 11.8. The van der Waals surface area contributed by atoms with E-state index in [1.807, 2.05) is 24.3 Å².